The number of ether oxygens (including phenoxy) is 1. The van der Waals surface area contributed by atoms with E-state index in [1.54, 1.807) is 6.92 Å². The number of morpholine rings is 1. The molecule has 28 heavy (non-hydrogen) atoms. The highest BCUT2D eigenvalue weighted by atomic mass is 35.5. The van der Waals surface area contributed by atoms with Gasteiger partial charge in [0.1, 0.15) is 11.0 Å². The molecule has 8 nitrogen and oxygen atoms in total. The fourth-order valence-corrected chi connectivity index (χ4v) is 4.53. The standard InChI is InChI=1S/C17H20ClFN4O4S/c1-12-15(16(18)23(21-12)14-4-2-13(19)3-5-14)17(24)20-6-11-28(25,26)22-7-9-27-10-8-22/h2-5H,6-11H2,1H3,(H,20,24). The first-order valence-corrected chi connectivity index (χ1v) is 10.6. The second kappa shape index (κ2) is 8.56. The number of sulfonamides is 1. The molecule has 0 spiro atoms. The zero-order chi connectivity index (χ0) is 20.3. The second-order valence-corrected chi connectivity index (χ2v) is 8.67. The Morgan fingerprint density at radius 3 is 2.57 bits per heavy atom. The number of amides is 1. The van der Waals surface area contributed by atoms with Crippen LogP contribution in [0.5, 0.6) is 0 Å². The Morgan fingerprint density at radius 1 is 1.29 bits per heavy atom. The molecule has 1 fully saturated rings. The fraction of sp³-hybridized carbons (Fsp3) is 0.412. The van der Waals surface area contributed by atoms with Gasteiger partial charge in [0.15, 0.2) is 0 Å². The van der Waals surface area contributed by atoms with Crippen molar-refractivity contribution in [3.63, 3.8) is 0 Å². The quantitative estimate of drug-likeness (QED) is 0.747. The van der Waals surface area contributed by atoms with E-state index in [1.807, 2.05) is 0 Å². The molecule has 0 aliphatic carbocycles. The van der Waals surface area contributed by atoms with Crippen molar-refractivity contribution in [3.8, 4) is 5.69 Å². The van der Waals surface area contributed by atoms with E-state index >= 15 is 0 Å². The van der Waals surface area contributed by atoms with E-state index in [4.69, 9.17) is 16.3 Å². The Hall–Kier alpha value is -2.01. The van der Waals surface area contributed by atoms with Gasteiger partial charge in [0, 0.05) is 19.6 Å². The lowest BCUT2D eigenvalue weighted by atomic mass is 10.2. The van der Waals surface area contributed by atoms with Gasteiger partial charge in [-0.15, -0.1) is 0 Å². The van der Waals surface area contributed by atoms with Crippen LogP contribution in [-0.2, 0) is 14.8 Å². The lowest BCUT2D eigenvalue weighted by Gasteiger charge is -2.26. The monoisotopic (exact) mass is 430 g/mol. The summed E-state index contributed by atoms with van der Waals surface area (Å²) < 4.78 is 45.5. The van der Waals surface area contributed by atoms with E-state index in [-0.39, 0.29) is 23.0 Å². The van der Waals surface area contributed by atoms with Crippen LogP contribution >= 0.6 is 11.6 Å². The zero-order valence-corrected chi connectivity index (χ0v) is 16.8. The summed E-state index contributed by atoms with van der Waals surface area (Å²) in [6.45, 7) is 2.91. The number of hydrogen-bond donors (Lipinski definition) is 1. The summed E-state index contributed by atoms with van der Waals surface area (Å²) in [5.41, 5.74) is 1.03. The van der Waals surface area contributed by atoms with E-state index in [0.29, 0.717) is 37.7 Å². The van der Waals surface area contributed by atoms with Gasteiger partial charge in [0.2, 0.25) is 10.0 Å². The number of halogens is 2. The van der Waals surface area contributed by atoms with Gasteiger partial charge >= 0.3 is 0 Å². The maximum Gasteiger partial charge on any atom is 0.256 e. The van der Waals surface area contributed by atoms with E-state index in [2.05, 4.69) is 10.4 Å². The molecule has 1 aliphatic heterocycles. The van der Waals surface area contributed by atoms with Crippen molar-refractivity contribution >= 4 is 27.5 Å². The normalized spacial score (nSPS) is 15.5. The average Bonchev–Trinajstić information content (AvgIpc) is 2.97. The van der Waals surface area contributed by atoms with Crippen LogP contribution in [-0.4, -0.2) is 67.0 Å². The minimum absolute atomic E-state index is 0.0595. The van der Waals surface area contributed by atoms with Crippen LogP contribution in [0.3, 0.4) is 0 Å². The largest absolute Gasteiger partial charge is 0.379 e. The summed E-state index contributed by atoms with van der Waals surface area (Å²) in [5, 5.41) is 6.87. The molecule has 2 aromatic rings. The van der Waals surface area contributed by atoms with Crippen molar-refractivity contribution < 1.29 is 22.3 Å². The SMILES string of the molecule is Cc1nn(-c2ccc(F)cc2)c(Cl)c1C(=O)NCCS(=O)(=O)N1CCOCC1. The Morgan fingerprint density at radius 2 is 1.93 bits per heavy atom. The fourth-order valence-electron chi connectivity index (χ4n) is 2.85. The third-order valence-corrected chi connectivity index (χ3v) is 6.53. The molecule has 0 unspecified atom stereocenters. The van der Waals surface area contributed by atoms with Gasteiger partial charge in [-0.25, -0.2) is 17.5 Å². The summed E-state index contributed by atoms with van der Waals surface area (Å²) in [6, 6.07) is 5.51. The van der Waals surface area contributed by atoms with Gasteiger partial charge in [0.25, 0.3) is 5.91 Å². The van der Waals surface area contributed by atoms with Crippen LogP contribution < -0.4 is 5.32 Å². The molecule has 152 valence electrons. The predicted octanol–water partition coefficient (Wildman–Crippen LogP) is 1.37. The number of nitrogens with zero attached hydrogens (tertiary/aromatic N) is 3. The molecule has 1 aromatic heterocycles. The van der Waals surface area contributed by atoms with Crippen LogP contribution in [0.25, 0.3) is 5.69 Å². The zero-order valence-electron chi connectivity index (χ0n) is 15.2. The van der Waals surface area contributed by atoms with E-state index in [0.717, 1.165) is 0 Å². The van der Waals surface area contributed by atoms with Gasteiger partial charge in [-0.1, -0.05) is 11.6 Å². The molecule has 0 atom stereocenters. The number of carbonyl (C=O) groups is 1. The minimum atomic E-state index is -3.47. The molecule has 0 bridgehead atoms. The molecule has 1 amide bonds. The van der Waals surface area contributed by atoms with Crippen LogP contribution in [0.1, 0.15) is 16.1 Å². The highest BCUT2D eigenvalue weighted by molar-refractivity contribution is 7.89. The van der Waals surface area contributed by atoms with Crippen LogP contribution in [0.2, 0.25) is 5.15 Å². The number of aromatic nitrogens is 2. The molecular formula is C17H20ClFN4O4S. The number of rotatable bonds is 6. The number of nitrogens with one attached hydrogen (secondary N) is 1. The molecule has 11 heteroatoms. The molecule has 1 saturated heterocycles. The van der Waals surface area contributed by atoms with Crippen LogP contribution in [0, 0.1) is 12.7 Å². The maximum atomic E-state index is 13.1. The second-order valence-electron chi connectivity index (χ2n) is 6.22. The number of hydrogen-bond acceptors (Lipinski definition) is 5. The van der Waals surface area contributed by atoms with Gasteiger partial charge in [-0.2, -0.15) is 9.40 Å². The summed E-state index contributed by atoms with van der Waals surface area (Å²) in [6.07, 6.45) is 0. The lowest BCUT2D eigenvalue weighted by molar-refractivity contribution is 0.0730. The van der Waals surface area contributed by atoms with Crippen molar-refractivity contribution in [3.05, 3.63) is 46.5 Å². The summed E-state index contributed by atoms with van der Waals surface area (Å²) >= 11 is 6.29. The first-order chi connectivity index (χ1) is 13.3. The first kappa shape index (κ1) is 20.7. The molecule has 1 aromatic carbocycles. The number of carbonyl (C=O) groups excluding carboxylic acids is 1. The molecule has 2 heterocycles. The third kappa shape index (κ3) is 4.52. The molecular weight excluding hydrogens is 411 g/mol. The van der Waals surface area contributed by atoms with Crippen molar-refractivity contribution in [1.29, 1.82) is 0 Å². The number of benzene rings is 1. The lowest BCUT2D eigenvalue weighted by Crippen LogP contribution is -2.43. The summed E-state index contributed by atoms with van der Waals surface area (Å²) in [4.78, 5) is 12.5. The summed E-state index contributed by atoms with van der Waals surface area (Å²) in [7, 11) is -3.47. The molecule has 3 rings (SSSR count). The van der Waals surface area contributed by atoms with Crippen molar-refractivity contribution in [2.24, 2.45) is 0 Å². The molecule has 1 N–H and O–H groups in total. The Kier molecular flexibility index (Phi) is 6.33. The summed E-state index contributed by atoms with van der Waals surface area (Å²) in [5.74, 6) is -1.14. The average molecular weight is 431 g/mol. The molecule has 1 aliphatic rings. The van der Waals surface area contributed by atoms with Crippen molar-refractivity contribution in [2.75, 3.05) is 38.6 Å². The van der Waals surface area contributed by atoms with Crippen molar-refractivity contribution in [2.45, 2.75) is 6.92 Å². The van der Waals surface area contributed by atoms with Gasteiger partial charge in [-0.05, 0) is 31.2 Å². The Labute approximate surface area is 167 Å². The maximum absolute atomic E-state index is 13.1. The van der Waals surface area contributed by atoms with Gasteiger partial charge < -0.3 is 10.1 Å². The Bertz CT molecular complexity index is 956. The van der Waals surface area contributed by atoms with Crippen LogP contribution in [0.4, 0.5) is 4.39 Å². The van der Waals surface area contributed by atoms with Gasteiger partial charge in [0.05, 0.1) is 35.9 Å². The number of aryl methyl sites for hydroxylation is 1. The Balaban J connectivity index is 1.67. The highest BCUT2D eigenvalue weighted by Crippen LogP contribution is 2.23. The van der Waals surface area contributed by atoms with E-state index < -0.39 is 21.7 Å². The molecule has 0 radical (unpaired) electrons. The van der Waals surface area contributed by atoms with Gasteiger partial charge in [-0.3, -0.25) is 4.79 Å². The first-order valence-electron chi connectivity index (χ1n) is 8.64. The van der Waals surface area contributed by atoms with E-state index in [9.17, 15) is 17.6 Å². The highest BCUT2D eigenvalue weighted by Gasteiger charge is 2.25. The van der Waals surface area contributed by atoms with Crippen LogP contribution in [0.15, 0.2) is 24.3 Å². The van der Waals surface area contributed by atoms with E-state index in [1.165, 1.54) is 33.3 Å². The third-order valence-electron chi connectivity index (χ3n) is 4.31. The minimum Gasteiger partial charge on any atom is -0.379 e. The topological polar surface area (TPSA) is 93.5 Å². The van der Waals surface area contributed by atoms with Crippen molar-refractivity contribution in [1.82, 2.24) is 19.4 Å². The predicted molar refractivity (Wildman–Crippen MR) is 102 cm³/mol. The molecule has 0 saturated carbocycles. The smallest absolute Gasteiger partial charge is 0.256 e.